The van der Waals surface area contributed by atoms with Crippen LogP contribution < -0.4 is 5.32 Å². The summed E-state index contributed by atoms with van der Waals surface area (Å²) >= 11 is 0. The van der Waals surface area contributed by atoms with E-state index in [0.29, 0.717) is 13.2 Å². The Bertz CT molecular complexity index is 180. The van der Waals surface area contributed by atoms with Crippen molar-refractivity contribution in [2.45, 2.75) is 37.2 Å². The number of hydrogen-bond acceptors (Lipinski definition) is 4. The van der Waals surface area contributed by atoms with Crippen molar-refractivity contribution >= 4 is 0 Å². The molecule has 0 aromatic heterocycles. The summed E-state index contributed by atoms with van der Waals surface area (Å²) in [5.74, 6) is -0.396. The molecule has 2 aliphatic rings. The first-order chi connectivity index (χ1) is 6.26. The van der Waals surface area contributed by atoms with Crippen LogP contribution in [0.25, 0.3) is 0 Å². The number of rotatable bonds is 1. The average Bonchev–Trinajstić information content (AvgIpc) is 2.59. The van der Waals surface area contributed by atoms with Gasteiger partial charge in [-0.25, -0.2) is 0 Å². The van der Waals surface area contributed by atoms with Gasteiger partial charge >= 0.3 is 0 Å². The molecule has 0 aromatic carbocycles. The van der Waals surface area contributed by atoms with Crippen LogP contribution in [0.2, 0.25) is 0 Å². The van der Waals surface area contributed by atoms with Gasteiger partial charge < -0.3 is 19.9 Å². The van der Waals surface area contributed by atoms with Gasteiger partial charge in [-0.1, -0.05) is 0 Å². The molecule has 13 heavy (non-hydrogen) atoms. The molecule has 0 amide bonds. The molecule has 1 spiro atoms. The predicted octanol–water partition coefficient (Wildman–Crippen LogP) is -0.138. The number of aliphatic hydroxyl groups is 1. The fraction of sp³-hybridized carbons (Fsp3) is 1.00. The van der Waals surface area contributed by atoms with Gasteiger partial charge in [0.05, 0.1) is 19.3 Å². The summed E-state index contributed by atoms with van der Waals surface area (Å²) in [5, 5.41) is 12.7. The zero-order valence-corrected chi connectivity index (χ0v) is 7.95. The summed E-state index contributed by atoms with van der Waals surface area (Å²) in [7, 11) is 1.86. The van der Waals surface area contributed by atoms with Crippen LogP contribution in [0.15, 0.2) is 0 Å². The van der Waals surface area contributed by atoms with E-state index in [0.717, 1.165) is 19.3 Å². The van der Waals surface area contributed by atoms with Crippen molar-refractivity contribution in [3.63, 3.8) is 0 Å². The fourth-order valence-electron chi connectivity index (χ4n) is 2.20. The van der Waals surface area contributed by atoms with Gasteiger partial charge in [-0.05, 0) is 13.5 Å². The number of likely N-dealkylation sites (N-methyl/N-ethyl adjacent to an activating group) is 1. The van der Waals surface area contributed by atoms with Crippen molar-refractivity contribution in [2.24, 2.45) is 0 Å². The molecule has 4 nitrogen and oxygen atoms in total. The molecule has 1 aliphatic carbocycles. The molecule has 1 aliphatic heterocycles. The number of ether oxygens (including phenoxy) is 2. The smallest absolute Gasteiger partial charge is 0.170 e. The summed E-state index contributed by atoms with van der Waals surface area (Å²) < 4.78 is 11.2. The third-order valence-electron chi connectivity index (χ3n) is 3.00. The highest BCUT2D eigenvalue weighted by molar-refractivity contribution is 4.91. The first-order valence-electron chi connectivity index (χ1n) is 4.89. The minimum Gasteiger partial charge on any atom is -0.391 e. The second kappa shape index (κ2) is 3.53. The van der Waals surface area contributed by atoms with Gasteiger partial charge in [0.25, 0.3) is 0 Å². The van der Waals surface area contributed by atoms with Gasteiger partial charge in [0.2, 0.25) is 0 Å². The second-order valence-corrected chi connectivity index (χ2v) is 3.81. The summed E-state index contributed by atoms with van der Waals surface area (Å²) in [6.07, 6.45) is 2.06. The largest absolute Gasteiger partial charge is 0.391 e. The molecule has 2 fully saturated rings. The van der Waals surface area contributed by atoms with Crippen molar-refractivity contribution in [3.05, 3.63) is 0 Å². The SMILES string of the molecule is CN[C@H]1CC2(CC[C@@H]1O)OCCO2. The molecule has 2 atom stereocenters. The Morgan fingerprint density at radius 2 is 2.08 bits per heavy atom. The van der Waals surface area contributed by atoms with E-state index in [9.17, 15) is 5.11 Å². The topological polar surface area (TPSA) is 50.7 Å². The summed E-state index contributed by atoms with van der Waals surface area (Å²) in [6, 6.07) is 0.104. The van der Waals surface area contributed by atoms with Crippen LogP contribution in [-0.4, -0.2) is 43.3 Å². The lowest BCUT2D eigenvalue weighted by Gasteiger charge is -2.38. The minimum atomic E-state index is -0.396. The van der Waals surface area contributed by atoms with Gasteiger partial charge in [-0.2, -0.15) is 0 Å². The van der Waals surface area contributed by atoms with Crippen LogP contribution in [0, 0.1) is 0 Å². The van der Waals surface area contributed by atoms with Crippen LogP contribution in [-0.2, 0) is 9.47 Å². The molecule has 2 rings (SSSR count). The van der Waals surface area contributed by atoms with Crippen LogP contribution in [0.1, 0.15) is 19.3 Å². The van der Waals surface area contributed by atoms with Gasteiger partial charge in [0.15, 0.2) is 5.79 Å². The van der Waals surface area contributed by atoms with Gasteiger partial charge in [-0.3, -0.25) is 0 Å². The van der Waals surface area contributed by atoms with Crippen LogP contribution in [0.4, 0.5) is 0 Å². The molecule has 2 N–H and O–H groups in total. The molecule has 0 radical (unpaired) electrons. The van der Waals surface area contributed by atoms with Crippen LogP contribution in [0.3, 0.4) is 0 Å². The zero-order chi connectivity index (χ0) is 9.31. The quantitative estimate of drug-likeness (QED) is 0.600. The van der Waals surface area contributed by atoms with Crippen molar-refractivity contribution in [1.82, 2.24) is 5.32 Å². The van der Waals surface area contributed by atoms with E-state index >= 15 is 0 Å². The highest BCUT2D eigenvalue weighted by atomic mass is 16.7. The van der Waals surface area contributed by atoms with E-state index < -0.39 is 5.79 Å². The lowest BCUT2D eigenvalue weighted by molar-refractivity contribution is -0.194. The average molecular weight is 187 g/mol. The molecular formula is C9H17NO3. The van der Waals surface area contributed by atoms with Crippen molar-refractivity contribution < 1.29 is 14.6 Å². The van der Waals surface area contributed by atoms with Crippen molar-refractivity contribution in [1.29, 1.82) is 0 Å². The molecule has 1 saturated heterocycles. The van der Waals surface area contributed by atoms with E-state index in [2.05, 4.69) is 5.32 Å². The van der Waals surface area contributed by atoms with E-state index in [1.165, 1.54) is 0 Å². The Hall–Kier alpha value is -0.160. The molecule has 76 valence electrons. The molecule has 0 unspecified atom stereocenters. The number of aliphatic hydroxyl groups excluding tert-OH is 1. The highest BCUT2D eigenvalue weighted by Crippen LogP contribution is 2.35. The minimum absolute atomic E-state index is 0.104. The highest BCUT2D eigenvalue weighted by Gasteiger charge is 2.44. The van der Waals surface area contributed by atoms with E-state index in [1.54, 1.807) is 0 Å². The summed E-state index contributed by atoms with van der Waals surface area (Å²) in [6.45, 7) is 1.37. The van der Waals surface area contributed by atoms with E-state index in [4.69, 9.17) is 9.47 Å². The zero-order valence-electron chi connectivity index (χ0n) is 7.95. The van der Waals surface area contributed by atoms with Crippen molar-refractivity contribution in [3.8, 4) is 0 Å². The first kappa shape index (κ1) is 9.40. The van der Waals surface area contributed by atoms with Crippen LogP contribution >= 0.6 is 0 Å². The Balaban J connectivity index is 2.01. The monoisotopic (exact) mass is 187 g/mol. The molecule has 4 heteroatoms. The lowest BCUT2D eigenvalue weighted by Crippen LogP contribution is -2.50. The van der Waals surface area contributed by atoms with Crippen molar-refractivity contribution in [2.75, 3.05) is 20.3 Å². The summed E-state index contributed by atoms with van der Waals surface area (Å²) in [5.41, 5.74) is 0. The molecule has 1 saturated carbocycles. The Labute approximate surface area is 78.2 Å². The molecular weight excluding hydrogens is 170 g/mol. The molecule has 0 aromatic rings. The third-order valence-corrected chi connectivity index (χ3v) is 3.00. The normalized spacial score (nSPS) is 38.3. The second-order valence-electron chi connectivity index (χ2n) is 3.81. The maximum Gasteiger partial charge on any atom is 0.170 e. The van der Waals surface area contributed by atoms with E-state index in [1.807, 2.05) is 7.05 Å². The third kappa shape index (κ3) is 1.72. The fourth-order valence-corrected chi connectivity index (χ4v) is 2.20. The van der Waals surface area contributed by atoms with Crippen LogP contribution in [0.5, 0.6) is 0 Å². The van der Waals surface area contributed by atoms with E-state index in [-0.39, 0.29) is 12.1 Å². The maximum absolute atomic E-state index is 9.64. The molecule has 1 heterocycles. The maximum atomic E-state index is 9.64. The Kier molecular flexibility index (Phi) is 2.55. The number of nitrogens with one attached hydrogen (secondary N) is 1. The predicted molar refractivity (Wildman–Crippen MR) is 47.3 cm³/mol. The number of hydrogen-bond donors (Lipinski definition) is 2. The van der Waals surface area contributed by atoms with Gasteiger partial charge in [0.1, 0.15) is 0 Å². The Morgan fingerprint density at radius 3 is 2.69 bits per heavy atom. The Morgan fingerprint density at radius 1 is 1.38 bits per heavy atom. The van der Waals surface area contributed by atoms with Gasteiger partial charge in [-0.15, -0.1) is 0 Å². The molecule has 0 bridgehead atoms. The van der Waals surface area contributed by atoms with Gasteiger partial charge in [0, 0.05) is 18.9 Å². The lowest BCUT2D eigenvalue weighted by atomic mass is 9.87. The first-order valence-corrected chi connectivity index (χ1v) is 4.89. The summed E-state index contributed by atoms with van der Waals surface area (Å²) in [4.78, 5) is 0. The standard InChI is InChI=1S/C9H17NO3/c1-10-7-6-9(3-2-8(7)11)12-4-5-13-9/h7-8,10-11H,2-6H2,1H3/t7-,8-/m0/s1.